The van der Waals surface area contributed by atoms with Crippen LogP contribution in [0.3, 0.4) is 0 Å². The Morgan fingerprint density at radius 2 is 1.82 bits per heavy atom. The molecule has 0 spiro atoms. The van der Waals surface area contributed by atoms with Gasteiger partial charge in [-0.15, -0.1) is 0 Å². The topological polar surface area (TPSA) is 135 Å². The molecule has 15 heteroatoms. The van der Waals surface area contributed by atoms with Gasteiger partial charge in [0.2, 0.25) is 11.7 Å². The quantitative estimate of drug-likeness (QED) is 0.237. The van der Waals surface area contributed by atoms with Crippen LogP contribution in [0.5, 0.6) is 0 Å². The maximum Gasteiger partial charge on any atom is 0.433 e. The lowest BCUT2D eigenvalue weighted by Gasteiger charge is -2.38. The first-order valence-electron chi connectivity index (χ1n) is 16.5. The zero-order valence-electron chi connectivity index (χ0n) is 28.1. The number of fused-ring (bicyclic) bond motifs is 1. The van der Waals surface area contributed by atoms with Gasteiger partial charge in [-0.05, 0) is 43.2 Å². The standard InChI is InChI=1S/C36H37F3N8O4/c1-4-46-34-27(20-41-47(34)26-11-6-5-7-12-26)29(30(35(46)50)44-33(49)31-40-14-13-28(43-31)36(37,38)39)25-10-8-9-24(19-25)23(3)42-32(48)22(2)21-45-15-17-51-18-16-45/h5-14,19-20,23,29-30H,2,4,15-18,21H2,1,3H3,(H,42,48)(H,44,49)/t23-,29-,30+/m1/s1. The van der Waals surface area contributed by atoms with Gasteiger partial charge < -0.3 is 15.4 Å². The minimum atomic E-state index is -4.80. The van der Waals surface area contributed by atoms with Crippen molar-refractivity contribution in [2.45, 2.75) is 38.0 Å². The van der Waals surface area contributed by atoms with Gasteiger partial charge in [-0.25, -0.2) is 14.6 Å². The average molecular weight is 703 g/mol. The molecule has 1 saturated heterocycles. The van der Waals surface area contributed by atoms with E-state index in [0.717, 1.165) is 6.20 Å². The number of hydrogen-bond acceptors (Lipinski definition) is 8. The number of carbonyl (C=O) groups is 3. The van der Waals surface area contributed by atoms with Gasteiger partial charge in [0.05, 0.1) is 31.1 Å². The van der Waals surface area contributed by atoms with E-state index in [4.69, 9.17) is 4.74 Å². The smallest absolute Gasteiger partial charge is 0.379 e. The van der Waals surface area contributed by atoms with Crippen LogP contribution in [0.1, 0.15) is 58.8 Å². The minimum Gasteiger partial charge on any atom is -0.379 e. The molecule has 2 aromatic carbocycles. The van der Waals surface area contributed by atoms with Crippen molar-refractivity contribution < 1.29 is 32.3 Å². The fourth-order valence-corrected chi connectivity index (χ4v) is 6.36. The number of ether oxygens (including phenoxy) is 1. The highest BCUT2D eigenvalue weighted by atomic mass is 19.4. The predicted molar refractivity (Wildman–Crippen MR) is 181 cm³/mol. The number of morpholine rings is 1. The third-order valence-corrected chi connectivity index (χ3v) is 8.94. The molecule has 0 unspecified atom stereocenters. The Balaban J connectivity index is 1.35. The largest absolute Gasteiger partial charge is 0.433 e. The van der Waals surface area contributed by atoms with Crippen molar-refractivity contribution >= 4 is 23.5 Å². The number of aromatic nitrogens is 4. The lowest BCUT2D eigenvalue weighted by atomic mass is 9.81. The Morgan fingerprint density at radius 1 is 1.08 bits per heavy atom. The summed E-state index contributed by atoms with van der Waals surface area (Å²) in [5, 5.41) is 10.3. The number of rotatable bonds is 10. The number of benzene rings is 2. The van der Waals surface area contributed by atoms with Crippen molar-refractivity contribution in [2.75, 3.05) is 44.3 Å². The molecule has 3 atom stereocenters. The molecule has 4 heterocycles. The molecular formula is C36H37F3N8O4. The van der Waals surface area contributed by atoms with Crippen LogP contribution in [-0.4, -0.2) is 87.8 Å². The van der Waals surface area contributed by atoms with Crippen LogP contribution in [0.25, 0.3) is 5.69 Å². The normalized spacial score (nSPS) is 18.5. The maximum atomic E-state index is 14.4. The number of hydrogen-bond donors (Lipinski definition) is 2. The monoisotopic (exact) mass is 702 g/mol. The van der Waals surface area contributed by atoms with Gasteiger partial charge in [-0.3, -0.25) is 24.2 Å². The molecule has 1 fully saturated rings. The van der Waals surface area contributed by atoms with E-state index >= 15 is 0 Å². The zero-order chi connectivity index (χ0) is 36.3. The van der Waals surface area contributed by atoms with Gasteiger partial charge in [-0.1, -0.05) is 49.0 Å². The molecule has 6 rings (SSSR count). The van der Waals surface area contributed by atoms with E-state index < -0.39 is 47.5 Å². The van der Waals surface area contributed by atoms with Crippen molar-refractivity contribution in [1.29, 1.82) is 0 Å². The van der Waals surface area contributed by atoms with E-state index in [1.165, 1.54) is 4.90 Å². The summed E-state index contributed by atoms with van der Waals surface area (Å²) in [6.07, 6.45) is -2.34. The van der Waals surface area contributed by atoms with Crippen LogP contribution in [-0.2, 0) is 20.5 Å². The number of nitrogens with one attached hydrogen (secondary N) is 2. The number of carbonyl (C=O) groups excluding carboxylic acids is 3. The molecule has 0 saturated carbocycles. The van der Waals surface area contributed by atoms with Crippen molar-refractivity contribution in [3.63, 3.8) is 0 Å². The third kappa shape index (κ3) is 7.54. The van der Waals surface area contributed by atoms with E-state index in [9.17, 15) is 27.6 Å². The van der Waals surface area contributed by atoms with Crippen molar-refractivity contribution in [3.8, 4) is 5.69 Å². The Hall–Kier alpha value is -5.41. The number of halogens is 3. The predicted octanol–water partition coefficient (Wildman–Crippen LogP) is 4.04. The maximum absolute atomic E-state index is 14.4. The summed E-state index contributed by atoms with van der Waals surface area (Å²) in [6, 6.07) is 15.4. The molecule has 2 aromatic heterocycles. The minimum absolute atomic E-state index is 0.209. The second-order valence-corrected chi connectivity index (χ2v) is 12.3. The fraction of sp³-hybridized carbons (Fsp3) is 0.333. The van der Waals surface area contributed by atoms with Gasteiger partial charge in [-0.2, -0.15) is 18.3 Å². The van der Waals surface area contributed by atoms with E-state index in [0.29, 0.717) is 72.7 Å². The molecule has 266 valence electrons. The molecule has 51 heavy (non-hydrogen) atoms. The Labute approximate surface area is 292 Å². The highest BCUT2D eigenvalue weighted by molar-refractivity contribution is 6.04. The molecule has 2 aliphatic heterocycles. The van der Waals surface area contributed by atoms with Crippen molar-refractivity contribution in [2.24, 2.45) is 0 Å². The highest BCUT2D eigenvalue weighted by Crippen LogP contribution is 2.42. The Kier molecular flexibility index (Phi) is 10.3. The SMILES string of the molecule is C=C(CN1CCOCC1)C(=O)N[C@H](C)c1cccc([C@@H]2c3cnn(-c4ccccc4)c3N(CC)C(=O)[C@H]2NC(=O)c2nccc(C(F)(F)F)n2)c1. The summed E-state index contributed by atoms with van der Waals surface area (Å²) < 4.78 is 47.4. The summed E-state index contributed by atoms with van der Waals surface area (Å²) in [5.74, 6) is -2.92. The zero-order valence-corrected chi connectivity index (χ0v) is 28.1. The summed E-state index contributed by atoms with van der Waals surface area (Å²) in [7, 11) is 0. The molecule has 0 aliphatic carbocycles. The summed E-state index contributed by atoms with van der Waals surface area (Å²) >= 11 is 0. The van der Waals surface area contributed by atoms with Crippen molar-refractivity contribution in [3.05, 3.63) is 113 Å². The first-order chi connectivity index (χ1) is 24.5. The first-order valence-corrected chi connectivity index (χ1v) is 16.5. The summed E-state index contributed by atoms with van der Waals surface area (Å²) in [6.45, 7) is 10.8. The van der Waals surface area contributed by atoms with Gasteiger partial charge in [0.1, 0.15) is 17.6 Å². The van der Waals surface area contributed by atoms with Crippen LogP contribution in [0.2, 0.25) is 0 Å². The van der Waals surface area contributed by atoms with E-state index in [1.807, 2.05) is 49.4 Å². The van der Waals surface area contributed by atoms with Crippen LogP contribution in [0, 0.1) is 0 Å². The van der Waals surface area contributed by atoms with Gasteiger partial charge in [0.15, 0.2) is 0 Å². The molecule has 4 aromatic rings. The molecule has 12 nitrogen and oxygen atoms in total. The number of alkyl halides is 3. The molecule has 2 N–H and O–H groups in total. The second kappa shape index (κ2) is 14.8. The Morgan fingerprint density at radius 3 is 2.53 bits per heavy atom. The third-order valence-electron chi connectivity index (χ3n) is 8.94. The molecule has 0 bridgehead atoms. The van der Waals surface area contributed by atoms with Gasteiger partial charge in [0.25, 0.3) is 11.8 Å². The first kappa shape index (κ1) is 35.4. The van der Waals surface area contributed by atoms with Gasteiger partial charge in [0, 0.05) is 49.4 Å². The number of amides is 3. The molecule has 3 amide bonds. The van der Waals surface area contributed by atoms with Crippen LogP contribution < -0.4 is 15.5 Å². The number of likely N-dealkylation sites (N-methyl/N-ethyl adjacent to an activating group) is 1. The highest BCUT2D eigenvalue weighted by Gasteiger charge is 2.45. The van der Waals surface area contributed by atoms with Crippen LogP contribution in [0.15, 0.2) is 85.2 Å². The lowest BCUT2D eigenvalue weighted by molar-refractivity contribution is -0.141. The van der Waals surface area contributed by atoms with E-state index in [2.05, 4.69) is 37.2 Å². The second-order valence-electron chi connectivity index (χ2n) is 12.3. The van der Waals surface area contributed by atoms with E-state index in [1.54, 1.807) is 29.9 Å². The summed E-state index contributed by atoms with van der Waals surface area (Å²) in [4.78, 5) is 51.8. The molecule has 2 aliphatic rings. The van der Waals surface area contributed by atoms with Crippen molar-refractivity contribution in [1.82, 2.24) is 35.3 Å². The van der Waals surface area contributed by atoms with Crippen LogP contribution >= 0.6 is 0 Å². The van der Waals surface area contributed by atoms with E-state index in [-0.39, 0.29) is 12.5 Å². The number of para-hydroxylation sites is 1. The average Bonchev–Trinajstić information content (AvgIpc) is 3.57. The van der Waals surface area contributed by atoms with Gasteiger partial charge >= 0.3 is 6.18 Å². The lowest BCUT2D eigenvalue weighted by Crippen LogP contribution is -2.55. The molecular weight excluding hydrogens is 665 g/mol. The Bertz CT molecular complexity index is 1930. The van der Waals surface area contributed by atoms with Crippen LogP contribution in [0.4, 0.5) is 19.0 Å². The number of nitrogens with zero attached hydrogens (tertiary/aromatic N) is 6. The molecule has 0 radical (unpaired) electrons. The summed E-state index contributed by atoms with van der Waals surface area (Å²) in [5.41, 5.74) is 1.75. The number of anilines is 1. The fourth-order valence-electron chi connectivity index (χ4n) is 6.36.